The van der Waals surface area contributed by atoms with Crippen molar-refractivity contribution in [2.24, 2.45) is 11.8 Å². The first-order valence-corrected chi connectivity index (χ1v) is 8.99. The van der Waals surface area contributed by atoms with Gasteiger partial charge in [0, 0.05) is 33.9 Å². The Balaban J connectivity index is 1.71. The zero-order valence-corrected chi connectivity index (χ0v) is 14.8. The number of Topliss-reactive ketones (excluding diaryl/α,β-unsaturated/α-hetero) is 2. The summed E-state index contributed by atoms with van der Waals surface area (Å²) in [5, 5.41) is 0.603. The summed E-state index contributed by atoms with van der Waals surface area (Å²) in [6, 6.07) is 25.8. The highest BCUT2D eigenvalue weighted by molar-refractivity contribution is 6.31. The number of carbonyl (C=O) groups is 2. The van der Waals surface area contributed by atoms with Gasteiger partial charge in [0.15, 0.2) is 11.6 Å². The molecule has 128 valence electrons. The molecule has 1 aliphatic rings. The van der Waals surface area contributed by atoms with Crippen LogP contribution in [0.3, 0.4) is 0 Å². The highest BCUT2D eigenvalue weighted by Gasteiger charge is 2.59. The van der Waals surface area contributed by atoms with Crippen LogP contribution in [0.15, 0.2) is 84.9 Å². The average Bonchev–Trinajstić information content (AvgIpc) is 3.43. The van der Waals surface area contributed by atoms with Crippen molar-refractivity contribution < 1.29 is 9.59 Å². The Labute approximate surface area is 157 Å². The van der Waals surface area contributed by atoms with Crippen LogP contribution in [-0.2, 0) is 0 Å². The number of halogens is 1. The van der Waals surface area contributed by atoms with Crippen LogP contribution in [0.5, 0.6) is 0 Å². The van der Waals surface area contributed by atoms with Crippen molar-refractivity contribution in [3.63, 3.8) is 0 Å². The number of ketones is 2. The molecular formula is C23H17ClO2. The van der Waals surface area contributed by atoms with Gasteiger partial charge in [-0.15, -0.1) is 0 Å². The predicted octanol–water partition coefficient (Wildman–Crippen LogP) is 5.44. The summed E-state index contributed by atoms with van der Waals surface area (Å²) < 4.78 is 0. The Morgan fingerprint density at radius 1 is 0.615 bits per heavy atom. The molecule has 0 spiro atoms. The predicted molar refractivity (Wildman–Crippen MR) is 103 cm³/mol. The molecular weight excluding hydrogens is 344 g/mol. The van der Waals surface area contributed by atoms with Gasteiger partial charge >= 0.3 is 0 Å². The van der Waals surface area contributed by atoms with Gasteiger partial charge in [-0.25, -0.2) is 0 Å². The summed E-state index contributed by atoms with van der Waals surface area (Å²) in [5.41, 5.74) is 2.15. The molecule has 0 bridgehead atoms. The summed E-state index contributed by atoms with van der Waals surface area (Å²) in [4.78, 5) is 26.1. The largest absolute Gasteiger partial charge is 0.294 e. The van der Waals surface area contributed by atoms with Crippen molar-refractivity contribution in [2.75, 3.05) is 0 Å². The van der Waals surface area contributed by atoms with Gasteiger partial charge in [-0.3, -0.25) is 9.59 Å². The molecule has 0 amide bonds. The molecule has 4 rings (SSSR count). The van der Waals surface area contributed by atoms with E-state index in [2.05, 4.69) is 0 Å². The van der Waals surface area contributed by atoms with E-state index in [4.69, 9.17) is 11.6 Å². The van der Waals surface area contributed by atoms with Gasteiger partial charge in [0.05, 0.1) is 0 Å². The quantitative estimate of drug-likeness (QED) is 0.568. The highest BCUT2D eigenvalue weighted by Crippen LogP contribution is 2.58. The Kier molecular flexibility index (Phi) is 4.44. The molecule has 2 unspecified atom stereocenters. The van der Waals surface area contributed by atoms with E-state index in [-0.39, 0.29) is 29.3 Å². The van der Waals surface area contributed by atoms with Crippen molar-refractivity contribution in [1.82, 2.24) is 0 Å². The molecule has 1 aliphatic carbocycles. The summed E-state index contributed by atoms with van der Waals surface area (Å²) in [6.07, 6.45) is 0. The van der Waals surface area contributed by atoms with Crippen LogP contribution in [0, 0.1) is 11.8 Å². The first-order chi connectivity index (χ1) is 12.7. The van der Waals surface area contributed by atoms with E-state index in [1.54, 1.807) is 24.3 Å². The minimum atomic E-state index is -0.370. The van der Waals surface area contributed by atoms with Gasteiger partial charge in [0.1, 0.15) is 0 Å². The zero-order chi connectivity index (χ0) is 18.1. The lowest BCUT2D eigenvalue weighted by Crippen LogP contribution is -2.09. The molecule has 3 heteroatoms. The molecule has 3 aromatic carbocycles. The maximum absolute atomic E-state index is 13.1. The van der Waals surface area contributed by atoms with Gasteiger partial charge in [-0.1, -0.05) is 90.5 Å². The molecule has 0 saturated heterocycles. The average molecular weight is 361 g/mol. The molecule has 1 saturated carbocycles. The minimum absolute atomic E-state index is 0.00445. The number of rotatable bonds is 5. The van der Waals surface area contributed by atoms with Crippen LogP contribution in [0.4, 0.5) is 0 Å². The van der Waals surface area contributed by atoms with E-state index >= 15 is 0 Å². The van der Waals surface area contributed by atoms with E-state index in [1.165, 1.54) is 0 Å². The van der Waals surface area contributed by atoms with Crippen LogP contribution in [-0.4, -0.2) is 11.6 Å². The number of benzene rings is 3. The molecule has 2 atom stereocenters. The first kappa shape index (κ1) is 16.7. The maximum atomic E-state index is 13.1. The number of carbonyl (C=O) groups excluding carboxylic acids is 2. The van der Waals surface area contributed by atoms with Crippen LogP contribution in [0.2, 0.25) is 5.02 Å². The van der Waals surface area contributed by atoms with Gasteiger partial charge in [-0.05, 0) is 11.6 Å². The molecule has 3 aromatic rings. The molecule has 0 aliphatic heterocycles. The molecule has 0 radical (unpaired) electrons. The molecule has 0 heterocycles. The van der Waals surface area contributed by atoms with Gasteiger partial charge in [0.25, 0.3) is 0 Å². The van der Waals surface area contributed by atoms with Crippen LogP contribution in [0.25, 0.3) is 0 Å². The third-order valence-electron chi connectivity index (χ3n) is 5.01. The van der Waals surface area contributed by atoms with E-state index in [9.17, 15) is 9.59 Å². The third kappa shape index (κ3) is 2.97. The van der Waals surface area contributed by atoms with E-state index in [0.717, 1.165) is 5.56 Å². The maximum Gasteiger partial charge on any atom is 0.167 e. The van der Waals surface area contributed by atoms with Crippen LogP contribution >= 0.6 is 11.6 Å². The van der Waals surface area contributed by atoms with Crippen molar-refractivity contribution in [1.29, 1.82) is 0 Å². The minimum Gasteiger partial charge on any atom is -0.294 e. The lowest BCUT2D eigenvalue weighted by Gasteiger charge is -2.03. The molecule has 26 heavy (non-hydrogen) atoms. The molecule has 0 N–H and O–H groups in total. The van der Waals surface area contributed by atoms with Crippen molar-refractivity contribution in [3.05, 3.63) is 107 Å². The topological polar surface area (TPSA) is 34.1 Å². The SMILES string of the molecule is O=C(c1ccccc1)C1C(C(=O)c2ccccc2)C1c1ccccc1Cl. The van der Waals surface area contributed by atoms with Crippen LogP contribution < -0.4 is 0 Å². The molecule has 2 nitrogen and oxygen atoms in total. The third-order valence-corrected chi connectivity index (χ3v) is 5.35. The second-order valence-electron chi connectivity index (χ2n) is 6.56. The highest BCUT2D eigenvalue weighted by atomic mass is 35.5. The normalized spacial score (nSPS) is 21.2. The van der Waals surface area contributed by atoms with Gasteiger partial charge < -0.3 is 0 Å². The lowest BCUT2D eigenvalue weighted by atomic mass is 10.0. The van der Waals surface area contributed by atoms with Crippen molar-refractivity contribution in [2.45, 2.75) is 5.92 Å². The second kappa shape index (κ2) is 6.89. The monoisotopic (exact) mass is 360 g/mol. The fraction of sp³-hybridized carbons (Fsp3) is 0.130. The Hall–Kier alpha value is -2.71. The van der Waals surface area contributed by atoms with Gasteiger partial charge in [-0.2, -0.15) is 0 Å². The lowest BCUT2D eigenvalue weighted by molar-refractivity contribution is 0.0906. The van der Waals surface area contributed by atoms with E-state index in [0.29, 0.717) is 16.1 Å². The van der Waals surface area contributed by atoms with E-state index in [1.807, 2.05) is 60.7 Å². The fourth-order valence-electron chi connectivity index (χ4n) is 3.69. The fourth-order valence-corrected chi connectivity index (χ4v) is 3.95. The molecule has 0 aromatic heterocycles. The molecule has 1 fully saturated rings. The van der Waals surface area contributed by atoms with Crippen molar-refractivity contribution >= 4 is 23.2 Å². The Morgan fingerprint density at radius 2 is 1.04 bits per heavy atom. The Bertz CT molecular complexity index is 893. The zero-order valence-electron chi connectivity index (χ0n) is 14.0. The second-order valence-corrected chi connectivity index (χ2v) is 6.97. The summed E-state index contributed by atoms with van der Waals surface area (Å²) >= 11 is 6.37. The smallest absolute Gasteiger partial charge is 0.167 e. The summed E-state index contributed by atoms with van der Waals surface area (Å²) in [5.74, 6) is -0.909. The van der Waals surface area contributed by atoms with Gasteiger partial charge in [0.2, 0.25) is 0 Å². The standard InChI is InChI=1S/C23H17ClO2/c24-18-14-8-7-13-17(18)19-20(22(25)15-9-3-1-4-10-15)21(19)23(26)16-11-5-2-6-12-16/h1-14,19-21H. The summed E-state index contributed by atoms with van der Waals surface area (Å²) in [7, 11) is 0. The number of hydrogen-bond acceptors (Lipinski definition) is 2. The van der Waals surface area contributed by atoms with Crippen molar-refractivity contribution in [3.8, 4) is 0 Å². The van der Waals surface area contributed by atoms with E-state index < -0.39 is 0 Å². The van der Waals surface area contributed by atoms with Crippen LogP contribution in [0.1, 0.15) is 32.2 Å². The number of hydrogen-bond donors (Lipinski definition) is 0. The Morgan fingerprint density at radius 3 is 1.50 bits per heavy atom. The summed E-state index contributed by atoms with van der Waals surface area (Å²) in [6.45, 7) is 0. The first-order valence-electron chi connectivity index (χ1n) is 8.61.